The summed E-state index contributed by atoms with van der Waals surface area (Å²) in [6, 6.07) is 17.8. The average molecular weight is 710 g/mol. The molecule has 4 heterocycles. The first-order valence-corrected chi connectivity index (χ1v) is 17.9. The number of nitrogens with zero attached hydrogens (tertiary/aromatic N) is 5. The van der Waals surface area contributed by atoms with Crippen molar-refractivity contribution in [2.24, 2.45) is 0 Å². The predicted molar refractivity (Wildman–Crippen MR) is 196 cm³/mol. The molecule has 1 saturated carbocycles. The first-order valence-electron chi connectivity index (χ1n) is 17.9. The molecule has 2 atom stereocenters. The Morgan fingerprint density at radius 1 is 1.04 bits per heavy atom. The number of hydrogen-bond donors (Lipinski definition) is 2. The molecule has 1 aliphatic heterocycles. The monoisotopic (exact) mass is 709 g/mol. The number of nitrogens with one attached hydrogen (secondary N) is 2. The number of amides is 1. The molecule has 7 rings (SSSR count). The molecule has 1 saturated heterocycles. The maximum absolute atomic E-state index is 12.2. The zero-order chi connectivity index (χ0) is 36.4. The molecule has 13 heteroatoms. The molecule has 2 N–H and O–H groups in total. The number of aromatic nitrogens is 5. The van der Waals surface area contributed by atoms with Gasteiger partial charge in [-0.2, -0.15) is 10.2 Å². The number of anilines is 2. The zero-order valence-corrected chi connectivity index (χ0v) is 30.6. The number of carbonyl (C=O) groups excluding carboxylic acids is 1. The van der Waals surface area contributed by atoms with E-state index in [2.05, 4.69) is 37.5 Å². The fraction of sp³-hybridized carbons (Fsp3) is 0.436. The lowest BCUT2D eigenvalue weighted by Crippen LogP contribution is -2.33. The van der Waals surface area contributed by atoms with Gasteiger partial charge in [-0.25, -0.2) is 19.0 Å². The number of rotatable bonds is 11. The predicted octanol–water partition coefficient (Wildman–Crippen LogP) is 7.50. The Balaban J connectivity index is 1.17. The van der Waals surface area contributed by atoms with Gasteiger partial charge < -0.3 is 34.3 Å². The van der Waals surface area contributed by atoms with Crippen LogP contribution in [0, 0.1) is 0 Å². The highest BCUT2D eigenvalue weighted by molar-refractivity contribution is 5.79. The van der Waals surface area contributed by atoms with E-state index >= 15 is 0 Å². The van der Waals surface area contributed by atoms with Crippen LogP contribution in [0.1, 0.15) is 82.9 Å². The molecule has 52 heavy (non-hydrogen) atoms. The minimum absolute atomic E-state index is 0.0260. The minimum Gasteiger partial charge on any atom is -0.497 e. The second-order valence-electron chi connectivity index (χ2n) is 14.6. The van der Waals surface area contributed by atoms with Crippen molar-refractivity contribution in [3.63, 3.8) is 0 Å². The molecule has 0 spiro atoms. The van der Waals surface area contributed by atoms with E-state index < -0.39 is 6.29 Å². The van der Waals surface area contributed by atoms with E-state index in [-0.39, 0.29) is 29.7 Å². The molecule has 1 amide bonds. The van der Waals surface area contributed by atoms with Gasteiger partial charge in [0.2, 0.25) is 0 Å². The molecule has 2 aliphatic rings. The lowest BCUT2D eigenvalue weighted by molar-refractivity contribution is -0.0454. The molecule has 0 bridgehead atoms. The third-order valence-corrected chi connectivity index (χ3v) is 9.24. The highest BCUT2D eigenvalue weighted by Gasteiger charge is 2.33. The van der Waals surface area contributed by atoms with Crippen LogP contribution in [0.2, 0.25) is 0 Å². The van der Waals surface area contributed by atoms with Crippen molar-refractivity contribution in [3.8, 4) is 22.8 Å². The summed E-state index contributed by atoms with van der Waals surface area (Å²) in [4.78, 5) is 17.0. The fourth-order valence-electron chi connectivity index (χ4n) is 6.75. The minimum atomic E-state index is -0.590. The van der Waals surface area contributed by atoms with Crippen LogP contribution >= 0.6 is 0 Å². The summed E-state index contributed by atoms with van der Waals surface area (Å²) in [5.74, 6) is 3.08. The lowest BCUT2D eigenvalue weighted by Gasteiger charge is -2.22. The van der Waals surface area contributed by atoms with Gasteiger partial charge >= 0.3 is 6.09 Å². The zero-order valence-electron chi connectivity index (χ0n) is 30.6. The summed E-state index contributed by atoms with van der Waals surface area (Å²) in [5.41, 5.74) is 4.80. The maximum Gasteiger partial charge on any atom is 0.407 e. The van der Waals surface area contributed by atoms with Gasteiger partial charge in [0.05, 0.1) is 42.8 Å². The van der Waals surface area contributed by atoms with E-state index in [0.29, 0.717) is 31.4 Å². The summed E-state index contributed by atoms with van der Waals surface area (Å²) in [6.45, 7) is 11.5. The summed E-state index contributed by atoms with van der Waals surface area (Å²) >= 11 is 0. The van der Waals surface area contributed by atoms with Crippen molar-refractivity contribution in [2.75, 3.05) is 25.6 Å². The van der Waals surface area contributed by atoms with E-state index in [1.54, 1.807) is 13.3 Å². The van der Waals surface area contributed by atoms with Crippen molar-refractivity contribution in [1.82, 2.24) is 29.7 Å². The maximum atomic E-state index is 12.2. The Bertz CT molecular complexity index is 2010. The van der Waals surface area contributed by atoms with Gasteiger partial charge in [0.25, 0.3) is 0 Å². The van der Waals surface area contributed by atoms with Crippen molar-refractivity contribution >= 4 is 23.2 Å². The highest BCUT2D eigenvalue weighted by atomic mass is 16.7. The molecule has 5 aromatic rings. The van der Waals surface area contributed by atoms with Crippen LogP contribution in [0.3, 0.4) is 0 Å². The van der Waals surface area contributed by atoms with Crippen LogP contribution in [0.5, 0.6) is 11.5 Å². The molecule has 2 fully saturated rings. The van der Waals surface area contributed by atoms with Crippen LogP contribution in [-0.4, -0.2) is 62.9 Å². The van der Waals surface area contributed by atoms with Gasteiger partial charge in [-0.3, -0.25) is 0 Å². The van der Waals surface area contributed by atoms with E-state index in [1.807, 2.05) is 77.8 Å². The van der Waals surface area contributed by atoms with Gasteiger partial charge in [0.15, 0.2) is 12.1 Å². The molecule has 0 unspecified atom stereocenters. The molecule has 0 radical (unpaired) electrons. The van der Waals surface area contributed by atoms with E-state index in [9.17, 15) is 4.79 Å². The number of alkyl carbamates (subject to hydrolysis) is 1. The van der Waals surface area contributed by atoms with Gasteiger partial charge in [-0.1, -0.05) is 24.3 Å². The second kappa shape index (κ2) is 14.8. The van der Waals surface area contributed by atoms with E-state index in [4.69, 9.17) is 38.9 Å². The molecular formula is C39H47N7O6. The molecule has 13 nitrogen and oxygen atoms in total. The smallest absolute Gasteiger partial charge is 0.407 e. The van der Waals surface area contributed by atoms with Crippen molar-refractivity contribution in [2.45, 2.75) is 90.4 Å². The summed E-state index contributed by atoms with van der Waals surface area (Å²) < 4.78 is 33.2. The number of fused-ring (bicyclic) bond motifs is 1. The van der Waals surface area contributed by atoms with Gasteiger partial charge in [0, 0.05) is 36.0 Å². The number of methoxy groups -OCH3 is 1. The Labute approximate surface area is 303 Å². The SMILES string of the molecule is COc1ccc(COc2cccc(-c3cc4c(Nc5cc([C@H]6CC[C@@H](OC(=O)NC(C)C)C6)nn5C(C)(C)C)nccn4n3)c2C2OCCO2)cc1. The topological polar surface area (TPSA) is 135 Å². The molecule has 1 aliphatic carbocycles. The lowest BCUT2D eigenvalue weighted by atomic mass is 10.0. The summed E-state index contributed by atoms with van der Waals surface area (Å²) in [7, 11) is 1.65. The Kier molecular flexibility index (Phi) is 10.1. The van der Waals surface area contributed by atoms with Crippen molar-refractivity contribution in [1.29, 1.82) is 0 Å². The largest absolute Gasteiger partial charge is 0.497 e. The first-order chi connectivity index (χ1) is 25.1. The molecule has 3 aromatic heterocycles. The van der Waals surface area contributed by atoms with Crippen LogP contribution in [0.15, 0.2) is 67.0 Å². The van der Waals surface area contributed by atoms with Crippen LogP contribution in [0.4, 0.5) is 16.4 Å². The van der Waals surface area contributed by atoms with Gasteiger partial charge in [0.1, 0.15) is 35.5 Å². The van der Waals surface area contributed by atoms with Crippen molar-refractivity contribution < 1.29 is 28.5 Å². The third kappa shape index (κ3) is 7.70. The Hall–Kier alpha value is -5.14. The molecule has 2 aromatic carbocycles. The van der Waals surface area contributed by atoms with Gasteiger partial charge in [-0.15, -0.1) is 0 Å². The number of ether oxygens (including phenoxy) is 5. The van der Waals surface area contributed by atoms with Crippen LogP contribution < -0.4 is 20.1 Å². The quantitative estimate of drug-likeness (QED) is 0.142. The fourth-order valence-corrected chi connectivity index (χ4v) is 6.75. The molecular weight excluding hydrogens is 662 g/mol. The van der Waals surface area contributed by atoms with Gasteiger partial charge in [-0.05, 0) is 83.7 Å². The summed E-state index contributed by atoms with van der Waals surface area (Å²) in [5, 5.41) is 16.4. The third-order valence-electron chi connectivity index (χ3n) is 9.24. The Morgan fingerprint density at radius 2 is 1.83 bits per heavy atom. The summed E-state index contributed by atoms with van der Waals surface area (Å²) in [6.07, 6.45) is 4.87. The Morgan fingerprint density at radius 3 is 2.56 bits per heavy atom. The van der Waals surface area contributed by atoms with Crippen molar-refractivity contribution in [3.05, 3.63) is 83.8 Å². The van der Waals surface area contributed by atoms with E-state index in [0.717, 1.165) is 64.4 Å². The number of benzene rings is 2. The van der Waals surface area contributed by atoms with Crippen LogP contribution in [0.25, 0.3) is 16.8 Å². The standard InChI is InChI=1S/C39H47N7O6/c1-24(2)41-38(47)52-28-15-12-26(20-28)30-22-34(46(44-30)39(3,4)5)42-36-32-21-31(43-45(32)17-16-40-36)29-8-7-9-33(35(29)37-49-18-19-50-37)51-23-25-10-13-27(48-6)14-11-25/h7-11,13-14,16-17,21-22,24,26,28,37H,12,15,18-20,23H2,1-6H3,(H,40,42)(H,41,47)/t26-,28+/m0/s1. The van der Waals surface area contributed by atoms with Crippen LogP contribution in [-0.2, 0) is 26.4 Å². The molecule has 274 valence electrons. The van der Waals surface area contributed by atoms with E-state index in [1.165, 1.54) is 0 Å². The number of hydrogen-bond acceptors (Lipinski definition) is 10. The average Bonchev–Trinajstić information content (AvgIpc) is 3.94. The normalized spacial score (nSPS) is 17.9. The highest BCUT2D eigenvalue weighted by Crippen LogP contribution is 2.41. The second-order valence-corrected chi connectivity index (χ2v) is 14.6. The number of carbonyl (C=O) groups is 1. The first kappa shape index (κ1) is 35.3.